The van der Waals surface area contributed by atoms with Gasteiger partial charge in [-0.1, -0.05) is 0 Å². The highest BCUT2D eigenvalue weighted by molar-refractivity contribution is 5.76. The summed E-state index contributed by atoms with van der Waals surface area (Å²) < 4.78 is 5.20. The quantitative estimate of drug-likeness (QED) is 0.668. The van der Waals surface area contributed by atoms with Crippen LogP contribution in [0.4, 0.5) is 0 Å². The molecule has 0 aliphatic heterocycles. The van der Waals surface area contributed by atoms with Crippen LogP contribution in [0.2, 0.25) is 0 Å². The van der Waals surface area contributed by atoms with Crippen LogP contribution >= 0.6 is 0 Å². The Morgan fingerprint density at radius 3 is 2.60 bits per heavy atom. The molecule has 15 heavy (non-hydrogen) atoms. The summed E-state index contributed by atoms with van der Waals surface area (Å²) in [6.07, 6.45) is 1.17. The first-order valence-corrected chi connectivity index (χ1v) is 5.51. The van der Waals surface area contributed by atoms with Crippen molar-refractivity contribution in [1.29, 1.82) is 0 Å². The third-order valence-corrected chi connectivity index (χ3v) is 1.98. The lowest BCUT2D eigenvalue weighted by atomic mass is 10.00. The molecule has 0 saturated carbocycles. The smallest absolute Gasteiger partial charge is 0.220 e. The van der Waals surface area contributed by atoms with Gasteiger partial charge in [-0.05, 0) is 34.1 Å². The lowest BCUT2D eigenvalue weighted by molar-refractivity contribution is -0.122. The van der Waals surface area contributed by atoms with Crippen LogP contribution in [0.5, 0.6) is 0 Å². The van der Waals surface area contributed by atoms with Crippen molar-refractivity contribution < 1.29 is 9.53 Å². The predicted octanol–water partition coefficient (Wildman–Crippen LogP) is 1.05. The van der Waals surface area contributed by atoms with E-state index in [1.54, 1.807) is 0 Å². The second kappa shape index (κ2) is 6.80. The summed E-state index contributed by atoms with van der Waals surface area (Å²) in [5.74, 6) is 0.0423. The van der Waals surface area contributed by atoms with Gasteiger partial charge in [-0.25, -0.2) is 0 Å². The van der Waals surface area contributed by atoms with Gasteiger partial charge in [0.2, 0.25) is 5.91 Å². The Labute approximate surface area is 92.6 Å². The molecule has 1 atom stereocenters. The molecule has 4 nitrogen and oxygen atoms in total. The van der Waals surface area contributed by atoms with Crippen LogP contribution in [0.15, 0.2) is 0 Å². The molecule has 0 aromatic carbocycles. The Hall–Kier alpha value is -0.610. The minimum atomic E-state index is -0.277. The first kappa shape index (κ1) is 14.4. The molecule has 0 radical (unpaired) electrons. The van der Waals surface area contributed by atoms with Gasteiger partial charge in [0.15, 0.2) is 0 Å². The number of nitrogens with two attached hydrogens (primary N) is 1. The van der Waals surface area contributed by atoms with Gasteiger partial charge in [-0.3, -0.25) is 4.79 Å². The molecule has 0 saturated heterocycles. The number of carbonyl (C=O) groups excluding carboxylic acids is 1. The van der Waals surface area contributed by atoms with Crippen molar-refractivity contribution in [2.75, 3.05) is 13.2 Å². The summed E-state index contributed by atoms with van der Waals surface area (Å²) in [5.41, 5.74) is 5.51. The molecule has 3 N–H and O–H groups in total. The molecule has 0 spiro atoms. The zero-order valence-electron chi connectivity index (χ0n) is 10.3. The van der Waals surface area contributed by atoms with E-state index in [9.17, 15) is 4.79 Å². The van der Waals surface area contributed by atoms with Crippen LogP contribution in [0, 0.1) is 0 Å². The van der Waals surface area contributed by atoms with Crippen molar-refractivity contribution in [2.45, 2.75) is 52.1 Å². The molecule has 0 aromatic rings. The summed E-state index contributed by atoms with van der Waals surface area (Å²) >= 11 is 0. The number of carbonyl (C=O) groups is 1. The highest BCUT2D eigenvalue weighted by Gasteiger charge is 2.14. The number of ether oxygens (including phenoxy) is 1. The summed E-state index contributed by atoms with van der Waals surface area (Å²) in [4.78, 5) is 11.4. The molecular formula is C11H24N2O2. The topological polar surface area (TPSA) is 64.3 Å². The Balaban J connectivity index is 3.64. The van der Waals surface area contributed by atoms with E-state index in [1.165, 1.54) is 0 Å². The predicted molar refractivity (Wildman–Crippen MR) is 61.6 cm³/mol. The van der Waals surface area contributed by atoms with Gasteiger partial charge in [0.1, 0.15) is 0 Å². The van der Waals surface area contributed by atoms with Gasteiger partial charge in [0.25, 0.3) is 0 Å². The average molecular weight is 216 g/mol. The van der Waals surface area contributed by atoms with E-state index >= 15 is 0 Å². The van der Waals surface area contributed by atoms with Gasteiger partial charge >= 0.3 is 0 Å². The average Bonchev–Trinajstić information content (AvgIpc) is 2.10. The Bertz CT molecular complexity index is 188. The van der Waals surface area contributed by atoms with Crippen molar-refractivity contribution in [2.24, 2.45) is 5.73 Å². The summed E-state index contributed by atoms with van der Waals surface area (Å²) in [6, 6.07) is 0.0679. The third-order valence-electron chi connectivity index (χ3n) is 1.98. The monoisotopic (exact) mass is 216 g/mol. The number of nitrogens with one attached hydrogen (secondary N) is 1. The first-order valence-electron chi connectivity index (χ1n) is 5.51. The Kier molecular flexibility index (Phi) is 6.52. The fourth-order valence-electron chi connectivity index (χ4n) is 1.12. The van der Waals surface area contributed by atoms with Crippen LogP contribution in [0.3, 0.4) is 0 Å². The molecule has 1 amide bonds. The molecule has 0 fully saturated rings. The molecule has 0 aliphatic carbocycles. The number of rotatable bonds is 7. The lowest BCUT2D eigenvalue weighted by Crippen LogP contribution is -2.38. The number of amides is 1. The fourth-order valence-corrected chi connectivity index (χ4v) is 1.12. The summed E-state index contributed by atoms with van der Waals surface area (Å²) in [5, 5.41) is 2.87. The summed E-state index contributed by atoms with van der Waals surface area (Å²) in [7, 11) is 0. The SMILES string of the molecule is CCOCC(C)NC(=O)CCC(C)(C)N. The van der Waals surface area contributed by atoms with Crippen LogP contribution < -0.4 is 11.1 Å². The third kappa shape index (κ3) is 9.69. The molecule has 1 unspecified atom stereocenters. The minimum absolute atomic E-state index is 0.0423. The van der Waals surface area contributed by atoms with Crippen LogP contribution in [0.1, 0.15) is 40.5 Å². The normalized spacial score (nSPS) is 13.7. The van der Waals surface area contributed by atoms with Gasteiger partial charge in [0, 0.05) is 24.6 Å². The first-order chi connectivity index (χ1) is 6.85. The van der Waals surface area contributed by atoms with E-state index in [-0.39, 0.29) is 17.5 Å². The zero-order chi connectivity index (χ0) is 11.9. The maximum atomic E-state index is 11.4. The highest BCUT2D eigenvalue weighted by Crippen LogP contribution is 2.06. The second-order valence-corrected chi connectivity index (χ2v) is 4.62. The van der Waals surface area contributed by atoms with E-state index in [4.69, 9.17) is 10.5 Å². The molecule has 0 heterocycles. The molecule has 90 valence electrons. The van der Waals surface area contributed by atoms with Gasteiger partial charge in [0.05, 0.1) is 6.61 Å². The van der Waals surface area contributed by atoms with Crippen molar-refractivity contribution >= 4 is 5.91 Å². The van der Waals surface area contributed by atoms with E-state index in [2.05, 4.69) is 5.32 Å². The largest absolute Gasteiger partial charge is 0.380 e. The van der Waals surface area contributed by atoms with Crippen LogP contribution in [-0.2, 0) is 9.53 Å². The standard InChI is InChI=1S/C11H24N2O2/c1-5-15-8-9(2)13-10(14)6-7-11(3,4)12/h9H,5-8,12H2,1-4H3,(H,13,14). The van der Waals surface area contributed by atoms with E-state index < -0.39 is 0 Å². The Morgan fingerprint density at radius 1 is 1.53 bits per heavy atom. The van der Waals surface area contributed by atoms with E-state index in [0.29, 0.717) is 26.1 Å². The van der Waals surface area contributed by atoms with E-state index in [0.717, 1.165) is 0 Å². The fraction of sp³-hybridized carbons (Fsp3) is 0.909. The van der Waals surface area contributed by atoms with Crippen molar-refractivity contribution in [3.63, 3.8) is 0 Å². The van der Waals surface area contributed by atoms with Gasteiger partial charge in [-0.15, -0.1) is 0 Å². The minimum Gasteiger partial charge on any atom is -0.380 e. The number of hydrogen-bond donors (Lipinski definition) is 2. The molecule has 4 heteroatoms. The Morgan fingerprint density at radius 2 is 2.13 bits per heavy atom. The molecule has 0 rings (SSSR count). The zero-order valence-corrected chi connectivity index (χ0v) is 10.3. The molecule has 0 aromatic heterocycles. The maximum Gasteiger partial charge on any atom is 0.220 e. The van der Waals surface area contributed by atoms with Crippen molar-refractivity contribution in [1.82, 2.24) is 5.32 Å². The highest BCUT2D eigenvalue weighted by atomic mass is 16.5. The van der Waals surface area contributed by atoms with Gasteiger partial charge < -0.3 is 15.8 Å². The van der Waals surface area contributed by atoms with Crippen LogP contribution in [-0.4, -0.2) is 30.7 Å². The van der Waals surface area contributed by atoms with Crippen molar-refractivity contribution in [3.8, 4) is 0 Å². The molecule has 0 bridgehead atoms. The lowest BCUT2D eigenvalue weighted by Gasteiger charge is -2.19. The summed E-state index contributed by atoms with van der Waals surface area (Å²) in [6.45, 7) is 8.95. The van der Waals surface area contributed by atoms with Crippen LogP contribution in [0.25, 0.3) is 0 Å². The molecule has 0 aliphatic rings. The molecular weight excluding hydrogens is 192 g/mol. The maximum absolute atomic E-state index is 11.4. The second-order valence-electron chi connectivity index (χ2n) is 4.62. The van der Waals surface area contributed by atoms with Gasteiger partial charge in [-0.2, -0.15) is 0 Å². The van der Waals surface area contributed by atoms with E-state index in [1.807, 2.05) is 27.7 Å². The van der Waals surface area contributed by atoms with Crippen molar-refractivity contribution in [3.05, 3.63) is 0 Å². The number of hydrogen-bond acceptors (Lipinski definition) is 3.